The Kier molecular flexibility index (Phi) is 5.48. The van der Waals surface area contributed by atoms with Crippen molar-refractivity contribution in [1.29, 1.82) is 0 Å². The highest BCUT2D eigenvalue weighted by atomic mass is 19.1. The van der Waals surface area contributed by atoms with Gasteiger partial charge in [-0.05, 0) is 36.4 Å². The maximum absolute atomic E-state index is 12.7. The summed E-state index contributed by atoms with van der Waals surface area (Å²) in [5.74, 6) is 0.280. The number of hydrogen-bond donors (Lipinski definition) is 1. The standard InChI is InChI=1S/C16H15FN2O3/c1-21-15-5-3-2-4-12(15)10-18-19-16(20)11-22-14-8-6-13(17)7-9-14/h2-10H,11H2,1H3,(H,19,20)/b18-10+. The second-order valence-electron chi connectivity index (χ2n) is 4.28. The van der Waals surface area contributed by atoms with Gasteiger partial charge in [0.2, 0.25) is 0 Å². The molecule has 6 heteroatoms. The average molecular weight is 302 g/mol. The molecule has 0 atom stereocenters. The third-order valence-electron chi connectivity index (χ3n) is 2.72. The number of hydrazone groups is 1. The number of benzene rings is 2. The van der Waals surface area contributed by atoms with E-state index in [1.165, 1.54) is 30.5 Å². The molecule has 1 amide bonds. The van der Waals surface area contributed by atoms with Crippen molar-refractivity contribution >= 4 is 12.1 Å². The molecule has 0 aromatic heterocycles. The molecule has 0 aliphatic rings. The first-order valence-electron chi connectivity index (χ1n) is 6.52. The third-order valence-corrected chi connectivity index (χ3v) is 2.72. The van der Waals surface area contributed by atoms with E-state index in [0.717, 1.165) is 5.56 Å². The Morgan fingerprint density at radius 2 is 1.95 bits per heavy atom. The molecule has 2 rings (SSSR count). The van der Waals surface area contributed by atoms with E-state index in [-0.39, 0.29) is 12.4 Å². The number of carbonyl (C=O) groups excluding carboxylic acids is 1. The van der Waals surface area contributed by atoms with Crippen molar-refractivity contribution in [1.82, 2.24) is 5.43 Å². The summed E-state index contributed by atoms with van der Waals surface area (Å²) in [6, 6.07) is 12.7. The van der Waals surface area contributed by atoms with Crippen LogP contribution in [-0.4, -0.2) is 25.8 Å². The maximum Gasteiger partial charge on any atom is 0.277 e. The molecule has 0 bridgehead atoms. The highest BCUT2D eigenvalue weighted by Crippen LogP contribution is 2.14. The zero-order chi connectivity index (χ0) is 15.8. The van der Waals surface area contributed by atoms with Gasteiger partial charge in [0.15, 0.2) is 6.61 Å². The molecular formula is C16H15FN2O3. The molecule has 0 radical (unpaired) electrons. The van der Waals surface area contributed by atoms with E-state index in [4.69, 9.17) is 9.47 Å². The van der Waals surface area contributed by atoms with Gasteiger partial charge in [-0.2, -0.15) is 5.10 Å². The van der Waals surface area contributed by atoms with Crippen molar-refractivity contribution in [3.63, 3.8) is 0 Å². The fourth-order valence-corrected chi connectivity index (χ4v) is 1.66. The van der Waals surface area contributed by atoms with Gasteiger partial charge in [0.05, 0.1) is 13.3 Å². The molecule has 0 heterocycles. The van der Waals surface area contributed by atoms with Gasteiger partial charge in [-0.1, -0.05) is 12.1 Å². The molecule has 0 saturated carbocycles. The molecule has 0 spiro atoms. The molecule has 0 saturated heterocycles. The van der Waals surface area contributed by atoms with E-state index in [1.54, 1.807) is 13.2 Å². The van der Waals surface area contributed by atoms with E-state index in [1.807, 2.05) is 18.2 Å². The summed E-state index contributed by atoms with van der Waals surface area (Å²) < 4.78 is 23.1. The largest absolute Gasteiger partial charge is 0.496 e. The lowest BCUT2D eigenvalue weighted by Gasteiger charge is -2.05. The topological polar surface area (TPSA) is 59.9 Å². The Morgan fingerprint density at radius 3 is 2.68 bits per heavy atom. The minimum absolute atomic E-state index is 0.213. The second kappa shape index (κ2) is 7.78. The number of nitrogens with zero attached hydrogens (tertiary/aromatic N) is 1. The van der Waals surface area contributed by atoms with Crippen LogP contribution < -0.4 is 14.9 Å². The first-order valence-corrected chi connectivity index (χ1v) is 6.52. The summed E-state index contributed by atoms with van der Waals surface area (Å²) in [4.78, 5) is 11.6. The number of nitrogens with one attached hydrogen (secondary N) is 1. The maximum atomic E-state index is 12.7. The minimum Gasteiger partial charge on any atom is -0.496 e. The van der Waals surface area contributed by atoms with Crippen LogP contribution in [0.1, 0.15) is 5.56 Å². The predicted octanol–water partition coefficient (Wildman–Crippen LogP) is 2.36. The molecule has 0 aliphatic heterocycles. The van der Waals surface area contributed by atoms with Crippen LogP contribution in [0.5, 0.6) is 11.5 Å². The van der Waals surface area contributed by atoms with E-state index in [2.05, 4.69) is 10.5 Å². The minimum atomic E-state index is -0.421. The van der Waals surface area contributed by atoms with Crippen molar-refractivity contribution in [2.24, 2.45) is 5.10 Å². The van der Waals surface area contributed by atoms with Crippen LogP contribution in [0.2, 0.25) is 0 Å². The van der Waals surface area contributed by atoms with Crippen LogP contribution in [0.15, 0.2) is 53.6 Å². The van der Waals surface area contributed by atoms with Gasteiger partial charge in [-0.3, -0.25) is 4.79 Å². The van der Waals surface area contributed by atoms with Gasteiger partial charge >= 0.3 is 0 Å². The summed E-state index contributed by atoms with van der Waals surface area (Å²) in [5, 5.41) is 3.83. The number of halogens is 1. The van der Waals surface area contributed by atoms with Crippen LogP contribution in [0.25, 0.3) is 0 Å². The highest BCUT2D eigenvalue weighted by Gasteiger charge is 2.02. The third kappa shape index (κ3) is 4.59. The number of para-hydroxylation sites is 1. The molecule has 5 nitrogen and oxygen atoms in total. The molecule has 0 unspecified atom stereocenters. The summed E-state index contributed by atoms with van der Waals surface area (Å²) in [6.45, 7) is -0.213. The van der Waals surface area contributed by atoms with Gasteiger partial charge in [-0.15, -0.1) is 0 Å². The van der Waals surface area contributed by atoms with Crippen molar-refractivity contribution in [2.75, 3.05) is 13.7 Å². The number of methoxy groups -OCH3 is 1. The summed E-state index contributed by atoms with van der Waals surface area (Å²) in [5.41, 5.74) is 3.08. The fraction of sp³-hybridized carbons (Fsp3) is 0.125. The Bertz CT molecular complexity index is 657. The molecular weight excluding hydrogens is 287 g/mol. The van der Waals surface area contributed by atoms with E-state index >= 15 is 0 Å². The van der Waals surface area contributed by atoms with Gasteiger partial charge in [-0.25, -0.2) is 9.82 Å². The molecule has 114 valence electrons. The first-order chi connectivity index (χ1) is 10.7. The van der Waals surface area contributed by atoms with Crippen molar-refractivity contribution in [3.05, 3.63) is 59.9 Å². The van der Waals surface area contributed by atoms with Crippen molar-refractivity contribution in [3.8, 4) is 11.5 Å². The zero-order valence-corrected chi connectivity index (χ0v) is 12.0. The summed E-state index contributed by atoms with van der Waals surface area (Å²) in [7, 11) is 1.56. The van der Waals surface area contributed by atoms with Crippen molar-refractivity contribution in [2.45, 2.75) is 0 Å². The average Bonchev–Trinajstić information content (AvgIpc) is 2.55. The van der Waals surface area contributed by atoms with Gasteiger partial charge in [0, 0.05) is 5.56 Å². The lowest BCUT2D eigenvalue weighted by atomic mass is 10.2. The Balaban J connectivity index is 1.82. The summed E-state index contributed by atoms with van der Waals surface area (Å²) in [6.07, 6.45) is 1.48. The molecule has 2 aromatic carbocycles. The van der Waals surface area contributed by atoms with E-state index in [9.17, 15) is 9.18 Å². The number of rotatable bonds is 6. The highest BCUT2D eigenvalue weighted by molar-refractivity contribution is 5.85. The molecule has 0 aliphatic carbocycles. The van der Waals surface area contributed by atoms with Crippen molar-refractivity contribution < 1.29 is 18.7 Å². The molecule has 2 aromatic rings. The SMILES string of the molecule is COc1ccccc1/C=N/NC(=O)COc1ccc(F)cc1. The zero-order valence-electron chi connectivity index (χ0n) is 12.0. The monoisotopic (exact) mass is 302 g/mol. The van der Waals surface area contributed by atoms with Crippen LogP contribution in [0, 0.1) is 5.82 Å². The van der Waals surface area contributed by atoms with Crippen LogP contribution in [0.4, 0.5) is 4.39 Å². The Labute approximate surface area is 127 Å². The van der Waals surface area contributed by atoms with E-state index in [0.29, 0.717) is 11.5 Å². The van der Waals surface area contributed by atoms with Crippen LogP contribution >= 0.6 is 0 Å². The molecule has 22 heavy (non-hydrogen) atoms. The quantitative estimate of drug-likeness (QED) is 0.658. The lowest BCUT2D eigenvalue weighted by molar-refractivity contribution is -0.123. The lowest BCUT2D eigenvalue weighted by Crippen LogP contribution is -2.24. The number of carbonyl (C=O) groups is 1. The second-order valence-corrected chi connectivity index (χ2v) is 4.28. The summed E-state index contributed by atoms with van der Waals surface area (Å²) >= 11 is 0. The Morgan fingerprint density at radius 1 is 1.23 bits per heavy atom. The number of ether oxygens (including phenoxy) is 2. The first kappa shape index (κ1) is 15.5. The predicted molar refractivity (Wildman–Crippen MR) is 80.6 cm³/mol. The van der Waals surface area contributed by atoms with Gasteiger partial charge in [0.25, 0.3) is 5.91 Å². The van der Waals surface area contributed by atoms with Gasteiger partial charge in [0.1, 0.15) is 17.3 Å². The van der Waals surface area contributed by atoms with E-state index < -0.39 is 5.91 Å². The Hall–Kier alpha value is -2.89. The van der Waals surface area contributed by atoms with Crippen LogP contribution in [0.3, 0.4) is 0 Å². The van der Waals surface area contributed by atoms with Crippen LogP contribution in [-0.2, 0) is 4.79 Å². The van der Waals surface area contributed by atoms with Gasteiger partial charge < -0.3 is 9.47 Å². The molecule has 0 fully saturated rings. The normalized spacial score (nSPS) is 10.5. The fourth-order valence-electron chi connectivity index (χ4n) is 1.66. The molecule has 1 N–H and O–H groups in total. The smallest absolute Gasteiger partial charge is 0.277 e. The number of amides is 1. The number of hydrogen-bond acceptors (Lipinski definition) is 4.